The largest absolute Gasteiger partial charge is 0.325 e. The Bertz CT molecular complexity index is 1120. The minimum atomic E-state index is -0.881. The van der Waals surface area contributed by atoms with Crippen molar-refractivity contribution in [2.24, 2.45) is 0 Å². The van der Waals surface area contributed by atoms with Gasteiger partial charge in [0.25, 0.3) is 11.5 Å². The van der Waals surface area contributed by atoms with E-state index in [9.17, 15) is 23.2 Å². The van der Waals surface area contributed by atoms with Crippen LogP contribution < -0.4 is 16.2 Å². The molecule has 0 aliphatic rings. The molecule has 8 heteroatoms. The molecule has 0 bridgehead atoms. The molecule has 0 fully saturated rings. The molecule has 2 amide bonds. The van der Waals surface area contributed by atoms with Gasteiger partial charge in [0.15, 0.2) is 0 Å². The van der Waals surface area contributed by atoms with Crippen molar-refractivity contribution < 1.29 is 18.4 Å². The Hall–Kier alpha value is -3.81. The lowest BCUT2D eigenvalue weighted by Crippen LogP contribution is -2.26. The zero-order valence-corrected chi connectivity index (χ0v) is 15.4. The lowest BCUT2D eigenvalue weighted by atomic mass is 10.2. The van der Waals surface area contributed by atoms with Gasteiger partial charge in [-0.15, -0.1) is 0 Å². The Morgan fingerprint density at radius 3 is 2.38 bits per heavy atom. The number of anilines is 2. The molecule has 1 aromatic heterocycles. The van der Waals surface area contributed by atoms with Gasteiger partial charge in [-0.05, 0) is 48.9 Å². The van der Waals surface area contributed by atoms with E-state index in [2.05, 4.69) is 10.6 Å². The van der Waals surface area contributed by atoms with Crippen molar-refractivity contribution in [3.8, 4) is 0 Å². The molecule has 29 heavy (non-hydrogen) atoms. The van der Waals surface area contributed by atoms with Crippen molar-refractivity contribution in [2.75, 3.05) is 10.6 Å². The molecule has 2 aromatic carbocycles. The minimum absolute atomic E-state index is 0.141. The molecule has 0 atom stereocenters. The van der Waals surface area contributed by atoms with E-state index in [0.29, 0.717) is 11.8 Å². The van der Waals surface area contributed by atoms with E-state index in [0.717, 1.165) is 17.7 Å². The second kappa shape index (κ2) is 8.47. The Morgan fingerprint density at radius 1 is 0.966 bits per heavy atom. The lowest BCUT2D eigenvalue weighted by Gasteiger charge is -2.09. The average molecular weight is 397 g/mol. The van der Waals surface area contributed by atoms with Gasteiger partial charge in [-0.3, -0.25) is 14.4 Å². The predicted molar refractivity (Wildman–Crippen MR) is 105 cm³/mol. The summed E-state index contributed by atoms with van der Waals surface area (Å²) in [5.41, 5.74) is 1.08. The highest BCUT2D eigenvalue weighted by molar-refractivity contribution is 6.04. The van der Waals surface area contributed by atoms with Crippen LogP contribution in [0.25, 0.3) is 0 Å². The molecular formula is C21H17F2N3O3. The van der Waals surface area contributed by atoms with Crippen molar-refractivity contribution in [1.29, 1.82) is 0 Å². The number of aromatic nitrogens is 1. The van der Waals surface area contributed by atoms with E-state index < -0.39 is 23.4 Å². The van der Waals surface area contributed by atoms with Crippen LogP contribution in [0.5, 0.6) is 0 Å². The SMILES string of the molecule is Cc1ccc(=O)n(CC(=O)Nc2ccc(C(=O)Nc3ccc(F)cc3F)cc2)c1. The fourth-order valence-electron chi connectivity index (χ4n) is 2.62. The third kappa shape index (κ3) is 5.13. The number of benzene rings is 2. The van der Waals surface area contributed by atoms with Crippen LogP contribution in [0.1, 0.15) is 15.9 Å². The minimum Gasteiger partial charge on any atom is -0.325 e. The molecule has 0 spiro atoms. The van der Waals surface area contributed by atoms with Crippen LogP contribution in [-0.4, -0.2) is 16.4 Å². The number of rotatable bonds is 5. The summed E-state index contributed by atoms with van der Waals surface area (Å²) in [4.78, 5) is 36.1. The Balaban J connectivity index is 1.63. The Kier molecular flexibility index (Phi) is 5.82. The molecule has 148 valence electrons. The van der Waals surface area contributed by atoms with Crippen LogP contribution in [0.2, 0.25) is 0 Å². The Labute approximate surface area is 164 Å². The number of amides is 2. The number of carbonyl (C=O) groups is 2. The van der Waals surface area contributed by atoms with Crippen molar-refractivity contribution in [3.05, 3.63) is 93.9 Å². The first-order valence-corrected chi connectivity index (χ1v) is 8.65. The zero-order chi connectivity index (χ0) is 21.0. The Morgan fingerprint density at radius 2 is 1.69 bits per heavy atom. The third-order valence-corrected chi connectivity index (χ3v) is 4.06. The second-order valence-corrected chi connectivity index (χ2v) is 6.38. The highest BCUT2D eigenvalue weighted by Crippen LogP contribution is 2.17. The van der Waals surface area contributed by atoms with Crippen molar-refractivity contribution in [2.45, 2.75) is 13.5 Å². The molecule has 0 saturated heterocycles. The van der Waals surface area contributed by atoms with E-state index in [1.54, 1.807) is 12.3 Å². The molecule has 0 aliphatic heterocycles. The fourth-order valence-corrected chi connectivity index (χ4v) is 2.62. The molecule has 2 N–H and O–H groups in total. The molecule has 3 rings (SSSR count). The molecule has 0 radical (unpaired) electrons. The highest BCUT2D eigenvalue weighted by atomic mass is 19.1. The van der Waals surface area contributed by atoms with E-state index in [1.165, 1.54) is 34.9 Å². The number of carbonyl (C=O) groups excluding carboxylic acids is 2. The van der Waals surface area contributed by atoms with E-state index in [1.807, 2.05) is 6.92 Å². The summed E-state index contributed by atoms with van der Waals surface area (Å²) in [7, 11) is 0. The average Bonchev–Trinajstić information content (AvgIpc) is 2.67. The van der Waals surface area contributed by atoms with Gasteiger partial charge in [0.05, 0.1) is 5.69 Å². The van der Waals surface area contributed by atoms with E-state index in [4.69, 9.17) is 0 Å². The van der Waals surface area contributed by atoms with E-state index >= 15 is 0 Å². The number of halogens is 2. The first-order valence-electron chi connectivity index (χ1n) is 8.65. The standard InChI is InChI=1S/C21H17F2N3O3/c1-13-2-9-20(28)26(11-13)12-19(27)24-16-6-3-14(4-7-16)21(29)25-18-8-5-15(22)10-17(18)23/h2-11H,12H2,1H3,(H,24,27)(H,25,29). The summed E-state index contributed by atoms with van der Waals surface area (Å²) in [5, 5.41) is 4.99. The van der Waals surface area contributed by atoms with Crippen LogP contribution >= 0.6 is 0 Å². The first-order chi connectivity index (χ1) is 13.8. The maximum absolute atomic E-state index is 13.6. The van der Waals surface area contributed by atoms with Crippen molar-refractivity contribution in [1.82, 2.24) is 4.57 Å². The van der Waals surface area contributed by atoms with Gasteiger partial charge in [-0.2, -0.15) is 0 Å². The van der Waals surface area contributed by atoms with Crippen LogP contribution in [0.4, 0.5) is 20.2 Å². The molecule has 0 unspecified atom stereocenters. The molecule has 0 aliphatic carbocycles. The van der Waals surface area contributed by atoms with Crippen LogP contribution in [-0.2, 0) is 11.3 Å². The summed E-state index contributed by atoms with van der Waals surface area (Å²) < 4.78 is 27.9. The summed E-state index contributed by atoms with van der Waals surface area (Å²) >= 11 is 0. The number of hydrogen-bond acceptors (Lipinski definition) is 3. The maximum atomic E-state index is 13.6. The van der Waals surface area contributed by atoms with Gasteiger partial charge in [0, 0.05) is 29.6 Å². The highest BCUT2D eigenvalue weighted by Gasteiger charge is 2.11. The van der Waals surface area contributed by atoms with Crippen LogP contribution in [0, 0.1) is 18.6 Å². The summed E-state index contributed by atoms with van der Waals surface area (Å²) in [6.45, 7) is 1.67. The quantitative estimate of drug-likeness (QED) is 0.693. The van der Waals surface area contributed by atoms with Gasteiger partial charge in [-0.25, -0.2) is 8.78 Å². The molecule has 3 aromatic rings. The van der Waals surface area contributed by atoms with E-state index in [-0.39, 0.29) is 23.4 Å². The number of aryl methyl sites for hydroxylation is 1. The van der Waals surface area contributed by atoms with Crippen molar-refractivity contribution in [3.63, 3.8) is 0 Å². The summed E-state index contributed by atoms with van der Waals surface area (Å²) in [5.74, 6) is -2.61. The second-order valence-electron chi connectivity index (χ2n) is 6.38. The van der Waals surface area contributed by atoms with Gasteiger partial charge in [0.2, 0.25) is 5.91 Å². The molecule has 1 heterocycles. The number of pyridine rings is 1. The molecular weight excluding hydrogens is 380 g/mol. The monoisotopic (exact) mass is 397 g/mol. The summed E-state index contributed by atoms with van der Waals surface area (Å²) in [6, 6.07) is 11.8. The lowest BCUT2D eigenvalue weighted by molar-refractivity contribution is -0.116. The smallest absolute Gasteiger partial charge is 0.255 e. The maximum Gasteiger partial charge on any atom is 0.255 e. The van der Waals surface area contributed by atoms with Gasteiger partial charge in [-0.1, -0.05) is 6.07 Å². The van der Waals surface area contributed by atoms with Gasteiger partial charge < -0.3 is 15.2 Å². The number of nitrogens with zero attached hydrogens (tertiary/aromatic N) is 1. The zero-order valence-electron chi connectivity index (χ0n) is 15.4. The topological polar surface area (TPSA) is 80.2 Å². The van der Waals surface area contributed by atoms with Crippen LogP contribution in [0.3, 0.4) is 0 Å². The first kappa shape index (κ1) is 19.9. The van der Waals surface area contributed by atoms with Gasteiger partial charge in [0.1, 0.15) is 18.2 Å². The van der Waals surface area contributed by atoms with Gasteiger partial charge >= 0.3 is 0 Å². The third-order valence-electron chi connectivity index (χ3n) is 4.06. The van der Waals surface area contributed by atoms with Crippen molar-refractivity contribution >= 4 is 23.2 Å². The molecule has 0 saturated carbocycles. The number of nitrogens with one attached hydrogen (secondary N) is 2. The number of hydrogen-bond donors (Lipinski definition) is 2. The molecule has 6 nitrogen and oxygen atoms in total. The fraction of sp³-hybridized carbons (Fsp3) is 0.0952. The predicted octanol–water partition coefficient (Wildman–Crippen LogP) is 3.33. The summed E-state index contributed by atoms with van der Waals surface area (Å²) in [6.07, 6.45) is 1.59. The normalized spacial score (nSPS) is 10.4. The van der Waals surface area contributed by atoms with Crippen LogP contribution in [0.15, 0.2) is 65.6 Å².